The number of fused-ring (bicyclic) bond motifs is 1. The van der Waals surface area contributed by atoms with Crippen molar-refractivity contribution in [1.29, 1.82) is 0 Å². The number of aromatic amines is 1. The van der Waals surface area contributed by atoms with Crippen LogP contribution < -0.4 is 5.73 Å². The third-order valence-electron chi connectivity index (χ3n) is 1.46. The molecule has 0 bridgehead atoms. The van der Waals surface area contributed by atoms with Crippen molar-refractivity contribution in [2.24, 2.45) is 0 Å². The standard InChI is InChI=1S/C6H5BrN4/c7-5-4-3(1-2-9-5)10-11-6(4)8/h1-2H,(H3,8,10,11). The maximum absolute atomic E-state index is 5.56. The van der Waals surface area contributed by atoms with Crippen molar-refractivity contribution in [3.05, 3.63) is 16.9 Å². The zero-order valence-corrected chi connectivity index (χ0v) is 7.09. The summed E-state index contributed by atoms with van der Waals surface area (Å²) in [5, 5.41) is 7.46. The number of halogens is 1. The Bertz CT molecular complexity index is 394. The Morgan fingerprint density at radius 1 is 1.55 bits per heavy atom. The summed E-state index contributed by atoms with van der Waals surface area (Å²) in [4.78, 5) is 4.02. The fraction of sp³-hybridized carbons (Fsp3) is 0. The highest BCUT2D eigenvalue weighted by molar-refractivity contribution is 9.10. The number of H-pyrrole nitrogens is 1. The van der Waals surface area contributed by atoms with Gasteiger partial charge in [0.05, 0.1) is 10.9 Å². The zero-order chi connectivity index (χ0) is 7.84. The van der Waals surface area contributed by atoms with Crippen LogP contribution in [0.25, 0.3) is 10.9 Å². The molecule has 0 fully saturated rings. The maximum atomic E-state index is 5.56. The van der Waals surface area contributed by atoms with Gasteiger partial charge < -0.3 is 5.73 Å². The molecule has 11 heavy (non-hydrogen) atoms. The van der Waals surface area contributed by atoms with Crippen LogP contribution in [0.4, 0.5) is 5.82 Å². The molecule has 0 spiro atoms. The highest BCUT2D eigenvalue weighted by Gasteiger charge is 2.04. The number of anilines is 1. The third-order valence-corrected chi connectivity index (χ3v) is 2.06. The minimum atomic E-state index is 0.472. The molecule has 0 unspecified atom stereocenters. The van der Waals surface area contributed by atoms with Gasteiger partial charge in [-0.2, -0.15) is 5.10 Å². The van der Waals surface area contributed by atoms with Crippen LogP contribution in [0, 0.1) is 0 Å². The number of nitrogens with one attached hydrogen (secondary N) is 1. The van der Waals surface area contributed by atoms with Crippen molar-refractivity contribution in [1.82, 2.24) is 15.2 Å². The Kier molecular flexibility index (Phi) is 1.32. The van der Waals surface area contributed by atoms with E-state index in [2.05, 4.69) is 31.1 Å². The van der Waals surface area contributed by atoms with Crippen molar-refractivity contribution in [2.75, 3.05) is 5.73 Å². The molecule has 0 radical (unpaired) electrons. The SMILES string of the molecule is Nc1n[nH]c2ccnc(Br)c12. The number of nitrogens with zero attached hydrogens (tertiary/aromatic N) is 2. The van der Waals surface area contributed by atoms with Gasteiger partial charge in [0.15, 0.2) is 5.82 Å². The molecular weight excluding hydrogens is 208 g/mol. The molecule has 5 heteroatoms. The Morgan fingerprint density at radius 3 is 3.09 bits per heavy atom. The van der Waals surface area contributed by atoms with Crippen molar-refractivity contribution in [3.63, 3.8) is 0 Å². The van der Waals surface area contributed by atoms with Gasteiger partial charge in [-0.3, -0.25) is 5.10 Å². The monoisotopic (exact) mass is 212 g/mol. The third kappa shape index (κ3) is 0.883. The molecule has 2 aromatic heterocycles. The molecule has 4 nitrogen and oxygen atoms in total. The topological polar surface area (TPSA) is 67.6 Å². The van der Waals surface area contributed by atoms with Crippen molar-refractivity contribution in [3.8, 4) is 0 Å². The van der Waals surface area contributed by atoms with Gasteiger partial charge in [0.25, 0.3) is 0 Å². The molecule has 0 saturated heterocycles. The number of rotatable bonds is 0. The van der Waals surface area contributed by atoms with Gasteiger partial charge in [0.1, 0.15) is 4.60 Å². The van der Waals surface area contributed by atoms with Gasteiger partial charge in [-0.25, -0.2) is 4.98 Å². The largest absolute Gasteiger partial charge is 0.382 e. The second-order valence-corrected chi connectivity index (χ2v) is 2.88. The highest BCUT2D eigenvalue weighted by atomic mass is 79.9. The first kappa shape index (κ1) is 6.60. The molecule has 3 N–H and O–H groups in total. The number of pyridine rings is 1. The van der Waals surface area contributed by atoms with Crippen LogP contribution >= 0.6 is 15.9 Å². The fourth-order valence-corrected chi connectivity index (χ4v) is 1.48. The minimum absolute atomic E-state index is 0.472. The van der Waals surface area contributed by atoms with E-state index < -0.39 is 0 Å². The summed E-state index contributed by atoms with van der Waals surface area (Å²) in [7, 11) is 0. The van der Waals surface area contributed by atoms with E-state index in [1.54, 1.807) is 6.20 Å². The molecule has 2 rings (SSSR count). The zero-order valence-electron chi connectivity index (χ0n) is 5.50. The second-order valence-electron chi connectivity index (χ2n) is 2.13. The van der Waals surface area contributed by atoms with Gasteiger partial charge in [-0.15, -0.1) is 0 Å². The van der Waals surface area contributed by atoms with E-state index in [1.807, 2.05) is 6.07 Å². The first-order chi connectivity index (χ1) is 5.29. The Balaban J connectivity index is 2.96. The maximum Gasteiger partial charge on any atom is 0.155 e. The molecule has 0 aliphatic carbocycles. The molecule has 2 heterocycles. The Morgan fingerprint density at radius 2 is 2.36 bits per heavy atom. The lowest BCUT2D eigenvalue weighted by Crippen LogP contribution is -1.85. The molecular formula is C6H5BrN4. The van der Waals surface area contributed by atoms with Crippen molar-refractivity contribution in [2.45, 2.75) is 0 Å². The smallest absolute Gasteiger partial charge is 0.155 e. The number of nitrogen functional groups attached to an aromatic ring is 1. The first-order valence-electron chi connectivity index (χ1n) is 3.03. The molecule has 0 aliphatic rings. The van der Waals surface area contributed by atoms with Crippen LogP contribution in [0.2, 0.25) is 0 Å². The van der Waals surface area contributed by atoms with Gasteiger partial charge in [0, 0.05) is 6.20 Å². The second kappa shape index (κ2) is 2.20. The van der Waals surface area contributed by atoms with Crippen LogP contribution in [-0.2, 0) is 0 Å². The first-order valence-corrected chi connectivity index (χ1v) is 3.82. The van der Waals surface area contributed by atoms with Crippen molar-refractivity contribution >= 4 is 32.7 Å². The number of hydrogen-bond donors (Lipinski definition) is 2. The van der Waals surface area contributed by atoms with Crippen LogP contribution in [0.15, 0.2) is 16.9 Å². The predicted octanol–water partition coefficient (Wildman–Crippen LogP) is 1.30. The van der Waals surface area contributed by atoms with Crippen molar-refractivity contribution < 1.29 is 0 Å². The van der Waals surface area contributed by atoms with E-state index >= 15 is 0 Å². The van der Waals surface area contributed by atoms with E-state index in [4.69, 9.17) is 5.73 Å². The molecule has 56 valence electrons. The Hall–Kier alpha value is -1.10. The normalized spacial score (nSPS) is 10.6. The summed E-state index contributed by atoms with van der Waals surface area (Å²) in [6.45, 7) is 0. The number of hydrogen-bond acceptors (Lipinski definition) is 3. The van der Waals surface area contributed by atoms with Gasteiger partial charge in [0.2, 0.25) is 0 Å². The number of aromatic nitrogens is 3. The predicted molar refractivity (Wildman–Crippen MR) is 46.0 cm³/mol. The molecule has 0 saturated carbocycles. The molecule has 0 aliphatic heterocycles. The molecule has 0 amide bonds. The summed E-state index contributed by atoms with van der Waals surface area (Å²) in [5.74, 6) is 0.472. The summed E-state index contributed by atoms with van der Waals surface area (Å²) in [6.07, 6.45) is 1.68. The number of nitrogens with two attached hydrogens (primary N) is 1. The molecule has 0 atom stereocenters. The minimum Gasteiger partial charge on any atom is -0.382 e. The van der Waals surface area contributed by atoms with E-state index in [9.17, 15) is 0 Å². The van der Waals surface area contributed by atoms with Crippen LogP contribution in [0.3, 0.4) is 0 Å². The summed E-state index contributed by atoms with van der Waals surface area (Å²) < 4.78 is 0.723. The summed E-state index contributed by atoms with van der Waals surface area (Å²) in [5.41, 5.74) is 6.46. The lowest BCUT2D eigenvalue weighted by molar-refractivity contribution is 1.13. The fourth-order valence-electron chi connectivity index (χ4n) is 0.949. The lowest BCUT2D eigenvalue weighted by Gasteiger charge is -1.90. The Labute approximate surface area is 70.9 Å². The van der Waals surface area contributed by atoms with Gasteiger partial charge in [-0.1, -0.05) is 0 Å². The van der Waals surface area contributed by atoms with Crippen LogP contribution in [0.5, 0.6) is 0 Å². The van der Waals surface area contributed by atoms with Gasteiger partial charge in [-0.05, 0) is 22.0 Å². The average Bonchev–Trinajstić information content (AvgIpc) is 2.34. The summed E-state index contributed by atoms with van der Waals surface area (Å²) in [6, 6.07) is 1.82. The van der Waals surface area contributed by atoms with Crippen LogP contribution in [0.1, 0.15) is 0 Å². The molecule has 0 aromatic carbocycles. The average molecular weight is 213 g/mol. The molecule has 2 aromatic rings. The lowest BCUT2D eigenvalue weighted by atomic mass is 10.3. The van der Waals surface area contributed by atoms with E-state index in [-0.39, 0.29) is 0 Å². The highest BCUT2D eigenvalue weighted by Crippen LogP contribution is 2.23. The van der Waals surface area contributed by atoms with Gasteiger partial charge >= 0.3 is 0 Å². The summed E-state index contributed by atoms with van der Waals surface area (Å²) >= 11 is 3.28. The quantitative estimate of drug-likeness (QED) is 0.648. The van der Waals surface area contributed by atoms with E-state index in [1.165, 1.54) is 0 Å². The van der Waals surface area contributed by atoms with E-state index in [0.717, 1.165) is 15.5 Å². The van der Waals surface area contributed by atoms with E-state index in [0.29, 0.717) is 5.82 Å². The van der Waals surface area contributed by atoms with Crippen LogP contribution in [-0.4, -0.2) is 15.2 Å².